The summed E-state index contributed by atoms with van der Waals surface area (Å²) in [6.07, 6.45) is -1.90. The molecule has 0 atom stereocenters. The van der Waals surface area contributed by atoms with E-state index >= 15 is 0 Å². The summed E-state index contributed by atoms with van der Waals surface area (Å²) < 4.78 is 38.6. The number of nitrogens with one attached hydrogen (secondary N) is 1. The molecule has 30 heavy (non-hydrogen) atoms. The number of aromatic nitrogens is 2. The van der Waals surface area contributed by atoms with Crippen molar-refractivity contribution in [2.75, 3.05) is 23.4 Å². The number of carbonyl (C=O) groups is 1. The molecular formula is C19H18F3N5O2S. The van der Waals surface area contributed by atoms with Crippen LogP contribution in [0.5, 0.6) is 0 Å². The summed E-state index contributed by atoms with van der Waals surface area (Å²) in [7, 11) is 1.24. The lowest BCUT2D eigenvalue weighted by molar-refractivity contribution is -0.141. The molecule has 2 aromatic rings. The van der Waals surface area contributed by atoms with Crippen LogP contribution in [0, 0.1) is 11.3 Å². The quantitative estimate of drug-likeness (QED) is 0.694. The van der Waals surface area contributed by atoms with E-state index in [9.17, 15) is 28.0 Å². The van der Waals surface area contributed by atoms with Crippen molar-refractivity contribution < 1.29 is 18.0 Å². The molecular weight excluding hydrogens is 419 g/mol. The Balaban J connectivity index is 2.01. The average Bonchev–Trinajstić information content (AvgIpc) is 3.47. The second-order valence-electron chi connectivity index (χ2n) is 6.88. The Morgan fingerprint density at radius 3 is 2.60 bits per heavy atom. The van der Waals surface area contributed by atoms with E-state index in [2.05, 4.69) is 11.1 Å². The molecule has 0 aliphatic heterocycles. The number of hydrogen-bond acceptors (Lipinski definition) is 6. The first-order chi connectivity index (χ1) is 14.0. The molecule has 0 radical (unpaired) electrons. The fraction of sp³-hybridized carbons (Fsp3) is 0.368. The Kier molecular flexibility index (Phi) is 5.56. The molecule has 1 fully saturated rings. The van der Waals surface area contributed by atoms with Gasteiger partial charge in [-0.25, -0.2) is 4.98 Å². The molecule has 1 aliphatic rings. The fourth-order valence-electron chi connectivity index (χ4n) is 3.05. The number of carbonyl (C=O) groups excluding carboxylic acids is 1. The zero-order valence-electron chi connectivity index (χ0n) is 16.1. The fourth-order valence-corrected chi connectivity index (χ4v) is 3.85. The van der Waals surface area contributed by atoms with Gasteiger partial charge in [0.15, 0.2) is 0 Å². The topological polar surface area (TPSA) is 116 Å². The monoisotopic (exact) mass is 437 g/mol. The van der Waals surface area contributed by atoms with Gasteiger partial charge in [0.2, 0.25) is 0 Å². The Morgan fingerprint density at radius 2 is 2.10 bits per heavy atom. The van der Waals surface area contributed by atoms with E-state index in [1.807, 2.05) is 6.92 Å². The summed E-state index contributed by atoms with van der Waals surface area (Å²) in [6.45, 7) is 1.88. The van der Waals surface area contributed by atoms with Crippen LogP contribution in [0.25, 0.3) is 0 Å². The number of nitrogens with zero attached hydrogens (tertiary/aromatic N) is 3. The third-order valence-corrected chi connectivity index (χ3v) is 5.76. The van der Waals surface area contributed by atoms with Crippen molar-refractivity contribution in [1.29, 1.82) is 5.26 Å². The summed E-state index contributed by atoms with van der Waals surface area (Å²) in [6, 6.07) is 4.58. The minimum absolute atomic E-state index is 0.0283. The molecule has 2 heterocycles. The van der Waals surface area contributed by atoms with Crippen LogP contribution in [0.4, 0.5) is 24.5 Å². The van der Waals surface area contributed by atoms with Crippen molar-refractivity contribution in [1.82, 2.24) is 9.97 Å². The second-order valence-corrected chi connectivity index (χ2v) is 8.18. The maximum absolute atomic E-state index is 13.0. The molecule has 0 unspecified atom stereocenters. The van der Waals surface area contributed by atoms with Crippen molar-refractivity contribution in [3.05, 3.63) is 45.6 Å². The van der Waals surface area contributed by atoms with Gasteiger partial charge in [-0.05, 0) is 36.3 Å². The molecule has 3 rings (SSSR count). The van der Waals surface area contributed by atoms with Crippen LogP contribution < -0.4 is 16.2 Å². The number of thioether (sulfide) groups is 1. The number of nitrogen functional groups attached to an aromatic ring is 1. The van der Waals surface area contributed by atoms with Gasteiger partial charge in [-0.2, -0.15) is 18.4 Å². The summed E-state index contributed by atoms with van der Waals surface area (Å²) in [4.78, 5) is 32.6. The third-order valence-electron chi connectivity index (χ3n) is 4.85. The van der Waals surface area contributed by atoms with Crippen LogP contribution in [0.15, 0.2) is 28.0 Å². The number of halogens is 3. The molecule has 0 spiro atoms. The highest BCUT2D eigenvalue weighted by Gasteiger charge is 2.45. The molecule has 3 N–H and O–H groups in total. The number of anilines is 2. The Morgan fingerprint density at radius 1 is 1.43 bits per heavy atom. The van der Waals surface area contributed by atoms with Crippen LogP contribution >= 0.6 is 11.8 Å². The summed E-state index contributed by atoms with van der Waals surface area (Å²) in [5.74, 6) is -0.0752. The first kappa shape index (κ1) is 21.7. The molecule has 0 saturated heterocycles. The SMILES string of the molecule is CCSc1cc(C2(C#N)CC2)cnc1C(=O)N(C)c1c(N)cc(C(F)(F)F)[nH]c1=O. The number of alkyl halides is 3. The molecule has 0 aromatic carbocycles. The number of aromatic amines is 1. The van der Waals surface area contributed by atoms with Gasteiger partial charge < -0.3 is 15.6 Å². The van der Waals surface area contributed by atoms with Gasteiger partial charge in [-0.15, -0.1) is 11.8 Å². The molecule has 11 heteroatoms. The number of H-pyrrole nitrogens is 1. The average molecular weight is 437 g/mol. The van der Waals surface area contributed by atoms with Crippen molar-refractivity contribution in [2.45, 2.75) is 36.3 Å². The lowest BCUT2D eigenvalue weighted by Crippen LogP contribution is -2.34. The van der Waals surface area contributed by atoms with Gasteiger partial charge in [0.05, 0.1) is 17.2 Å². The Bertz CT molecular complexity index is 1100. The van der Waals surface area contributed by atoms with Crippen LogP contribution in [0.1, 0.15) is 41.5 Å². The third kappa shape index (κ3) is 3.87. The molecule has 1 aliphatic carbocycles. The first-order valence-electron chi connectivity index (χ1n) is 8.96. The van der Waals surface area contributed by atoms with Crippen molar-refractivity contribution in [3.63, 3.8) is 0 Å². The van der Waals surface area contributed by atoms with Crippen molar-refractivity contribution >= 4 is 29.0 Å². The van der Waals surface area contributed by atoms with E-state index in [1.54, 1.807) is 11.1 Å². The second kappa shape index (κ2) is 7.68. The van der Waals surface area contributed by atoms with Gasteiger partial charge in [0, 0.05) is 18.1 Å². The number of pyridine rings is 2. The molecule has 2 aromatic heterocycles. The van der Waals surface area contributed by atoms with E-state index in [-0.39, 0.29) is 5.69 Å². The van der Waals surface area contributed by atoms with E-state index in [1.165, 1.54) is 25.0 Å². The number of amides is 1. The maximum atomic E-state index is 13.0. The van der Waals surface area contributed by atoms with Crippen molar-refractivity contribution in [2.24, 2.45) is 0 Å². The zero-order chi connectivity index (χ0) is 22.3. The highest BCUT2D eigenvalue weighted by molar-refractivity contribution is 7.99. The van der Waals surface area contributed by atoms with Crippen LogP contribution in [0.3, 0.4) is 0 Å². The number of hydrogen-bond donors (Lipinski definition) is 2. The predicted octanol–water partition coefficient (Wildman–Crippen LogP) is 3.31. The molecule has 0 bridgehead atoms. The van der Waals surface area contributed by atoms with Crippen LogP contribution in [-0.4, -0.2) is 28.7 Å². The first-order valence-corrected chi connectivity index (χ1v) is 9.95. The zero-order valence-corrected chi connectivity index (χ0v) is 16.9. The van der Waals surface area contributed by atoms with E-state index < -0.39 is 40.1 Å². The van der Waals surface area contributed by atoms with Gasteiger partial charge in [-0.1, -0.05) is 6.92 Å². The van der Waals surface area contributed by atoms with E-state index in [0.717, 1.165) is 4.90 Å². The molecule has 1 saturated carbocycles. The van der Waals surface area contributed by atoms with E-state index in [4.69, 9.17) is 5.73 Å². The van der Waals surface area contributed by atoms with E-state index in [0.29, 0.717) is 35.1 Å². The largest absolute Gasteiger partial charge is 0.431 e. The van der Waals surface area contributed by atoms with Gasteiger partial charge in [-0.3, -0.25) is 9.59 Å². The van der Waals surface area contributed by atoms with Crippen LogP contribution in [-0.2, 0) is 11.6 Å². The van der Waals surface area contributed by atoms with Gasteiger partial charge in [0.1, 0.15) is 17.1 Å². The normalized spacial score (nSPS) is 14.8. The predicted molar refractivity (Wildman–Crippen MR) is 106 cm³/mol. The number of nitriles is 1. The smallest absolute Gasteiger partial charge is 0.397 e. The lowest BCUT2D eigenvalue weighted by atomic mass is 9.99. The van der Waals surface area contributed by atoms with Gasteiger partial charge in [0.25, 0.3) is 11.5 Å². The lowest BCUT2D eigenvalue weighted by Gasteiger charge is -2.20. The van der Waals surface area contributed by atoms with Crippen molar-refractivity contribution in [3.8, 4) is 6.07 Å². The highest BCUT2D eigenvalue weighted by atomic mass is 32.2. The summed E-state index contributed by atoms with van der Waals surface area (Å²) in [5, 5.41) is 9.39. The Hall–Kier alpha value is -3.00. The summed E-state index contributed by atoms with van der Waals surface area (Å²) >= 11 is 1.34. The number of rotatable bonds is 5. The van der Waals surface area contributed by atoms with Crippen LogP contribution in [0.2, 0.25) is 0 Å². The molecule has 1 amide bonds. The molecule has 7 nitrogen and oxygen atoms in total. The molecule has 158 valence electrons. The Labute approximate surface area is 174 Å². The minimum Gasteiger partial charge on any atom is -0.397 e. The standard InChI is InChI=1S/C19H18F3N5O2S/c1-3-30-12-6-10(18(9-23)4-5-18)8-25-14(12)17(29)27(2)15-11(24)7-13(19(20,21)22)26-16(15)28/h6-8H,3-5H2,1-2H3,(H3,24,26,28). The minimum atomic E-state index is -4.78. The van der Waals surface area contributed by atoms with Gasteiger partial charge >= 0.3 is 6.18 Å². The maximum Gasteiger partial charge on any atom is 0.431 e. The summed E-state index contributed by atoms with van der Waals surface area (Å²) in [5.41, 5.74) is 2.50. The highest BCUT2D eigenvalue weighted by Crippen LogP contribution is 2.48. The number of nitrogens with two attached hydrogens (primary N) is 1.